The second-order valence-electron chi connectivity index (χ2n) is 4.86. The average Bonchev–Trinajstić information content (AvgIpc) is 3.20. The molecule has 0 spiro atoms. The van der Waals surface area contributed by atoms with E-state index in [1.807, 2.05) is 4.90 Å². The van der Waals surface area contributed by atoms with Gasteiger partial charge in [-0.3, -0.25) is 4.79 Å². The highest BCUT2D eigenvalue weighted by Crippen LogP contribution is 2.35. The first kappa shape index (κ1) is 13.5. The third-order valence-electron chi connectivity index (χ3n) is 3.50. The second-order valence-corrected chi connectivity index (χ2v) is 5.42. The zero-order chi connectivity index (χ0) is 13.1. The molecule has 1 aliphatic carbocycles. The molecular weight excluding hydrogens is 297 g/mol. The van der Waals surface area contributed by atoms with E-state index in [1.54, 1.807) is 12.1 Å². The lowest BCUT2D eigenvalue weighted by molar-refractivity contribution is -0.131. The molecule has 2 nitrogen and oxygen atoms in total. The van der Waals surface area contributed by atoms with Gasteiger partial charge in [0.15, 0.2) is 0 Å². The van der Waals surface area contributed by atoms with Gasteiger partial charge in [0.1, 0.15) is 5.82 Å². The highest BCUT2D eigenvalue weighted by atomic mass is 79.9. The Balaban J connectivity index is 2.08. The van der Waals surface area contributed by atoms with Crippen LogP contribution in [0.1, 0.15) is 25.3 Å². The van der Waals surface area contributed by atoms with E-state index in [2.05, 4.69) is 22.9 Å². The highest BCUT2D eigenvalue weighted by Gasteiger charge is 2.33. The fraction of sp³-hybridized carbons (Fsp3) is 0.500. The summed E-state index contributed by atoms with van der Waals surface area (Å²) in [6, 6.07) is 6.62. The molecule has 0 unspecified atom stereocenters. The Bertz CT molecular complexity index is 416. The standard InChI is InChI=1S/C14H17BrFNO/c1-10(12-4-5-12)17(14(18)8-15)9-11-2-6-13(16)7-3-11/h2-3,6-7,10,12H,4-5,8-9H2,1H3/t10-/m1/s1. The lowest BCUT2D eigenvalue weighted by Gasteiger charge is -2.29. The van der Waals surface area contributed by atoms with E-state index in [4.69, 9.17) is 0 Å². The number of hydrogen-bond acceptors (Lipinski definition) is 1. The van der Waals surface area contributed by atoms with Crippen molar-refractivity contribution >= 4 is 21.8 Å². The summed E-state index contributed by atoms with van der Waals surface area (Å²) in [6.45, 7) is 2.66. The zero-order valence-corrected chi connectivity index (χ0v) is 12.0. The minimum atomic E-state index is -0.243. The lowest BCUT2D eigenvalue weighted by atomic mass is 10.1. The minimum Gasteiger partial charge on any atom is -0.335 e. The van der Waals surface area contributed by atoms with Crippen LogP contribution < -0.4 is 0 Å². The van der Waals surface area contributed by atoms with Crippen LogP contribution in [0.2, 0.25) is 0 Å². The Morgan fingerprint density at radius 1 is 1.44 bits per heavy atom. The monoisotopic (exact) mass is 313 g/mol. The van der Waals surface area contributed by atoms with Gasteiger partial charge in [-0.2, -0.15) is 0 Å². The van der Waals surface area contributed by atoms with E-state index in [0.717, 1.165) is 5.56 Å². The minimum absolute atomic E-state index is 0.0960. The van der Waals surface area contributed by atoms with Crippen LogP contribution in [0.4, 0.5) is 4.39 Å². The van der Waals surface area contributed by atoms with Gasteiger partial charge in [-0.15, -0.1) is 0 Å². The summed E-state index contributed by atoms with van der Waals surface area (Å²) >= 11 is 3.23. The van der Waals surface area contributed by atoms with Crippen LogP contribution in [0, 0.1) is 11.7 Å². The summed E-state index contributed by atoms with van der Waals surface area (Å²) in [4.78, 5) is 13.9. The van der Waals surface area contributed by atoms with Crippen LogP contribution in [-0.4, -0.2) is 22.2 Å². The maximum atomic E-state index is 12.9. The van der Waals surface area contributed by atoms with Crippen LogP contribution >= 0.6 is 15.9 Å². The number of alkyl halides is 1. The van der Waals surface area contributed by atoms with Gasteiger partial charge in [0.05, 0.1) is 5.33 Å². The normalized spacial score (nSPS) is 16.4. The van der Waals surface area contributed by atoms with Gasteiger partial charge in [0.25, 0.3) is 0 Å². The van der Waals surface area contributed by atoms with Crippen molar-refractivity contribution in [3.05, 3.63) is 35.6 Å². The highest BCUT2D eigenvalue weighted by molar-refractivity contribution is 9.09. The molecule has 18 heavy (non-hydrogen) atoms. The summed E-state index contributed by atoms with van der Waals surface area (Å²) in [6.07, 6.45) is 2.41. The average molecular weight is 314 g/mol. The molecule has 0 saturated heterocycles. The molecule has 1 aliphatic rings. The molecule has 1 aromatic carbocycles. The summed E-state index contributed by atoms with van der Waals surface area (Å²) in [5.74, 6) is 0.486. The number of halogens is 2. The van der Waals surface area contributed by atoms with Gasteiger partial charge in [0, 0.05) is 12.6 Å². The van der Waals surface area contributed by atoms with Crippen molar-refractivity contribution in [1.29, 1.82) is 0 Å². The maximum Gasteiger partial charge on any atom is 0.233 e. The Labute approximate surface area is 115 Å². The molecule has 1 fully saturated rings. The first-order chi connectivity index (χ1) is 8.61. The van der Waals surface area contributed by atoms with Gasteiger partial charge in [-0.1, -0.05) is 28.1 Å². The van der Waals surface area contributed by atoms with Crippen LogP contribution in [0.5, 0.6) is 0 Å². The van der Waals surface area contributed by atoms with Crippen molar-refractivity contribution in [2.75, 3.05) is 5.33 Å². The zero-order valence-electron chi connectivity index (χ0n) is 10.4. The van der Waals surface area contributed by atoms with E-state index >= 15 is 0 Å². The first-order valence-electron chi connectivity index (χ1n) is 6.21. The Hall–Kier alpha value is -0.900. The largest absolute Gasteiger partial charge is 0.335 e. The fourth-order valence-corrected chi connectivity index (χ4v) is 2.48. The summed E-state index contributed by atoms with van der Waals surface area (Å²) in [5.41, 5.74) is 0.971. The molecule has 0 radical (unpaired) electrons. The molecule has 0 bridgehead atoms. The van der Waals surface area contributed by atoms with E-state index in [1.165, 1.54) is 25.0 Å². The second kappa shape index (κ2) is 5.83. The number of rotatable bonds is 5. The molecule has 1 aromatic rings. The number of hydrogen-bond donors (Lipinski definition) is 0. The van der Waals surface area contributed by atoms with Crippen LogP contribution in [0.3, 0.4) is 0 Å². The summed E-state index contributed by atoms with van der Waals surface area (Å²) in [7, 11) is 0. The maximum absolute atomic E-state index is 12.9. The van der Waals surface area contributed by atoms with E-state index in [0.29, 0.717) is 17.8 Å². The predicted octanol–water partition coefficient (Wildman–Crippen LogP) is 3.35. The molecule has 1 amide bonds. The van der Waals surface area contributed by atoms with Gasteiger partial charge in [0.2, 0.25) is 5.91 Å². The molecule has 0 heterocycles. The van der Waals surface area contributed by atoms with E-state index < -0.39 is 0 Å². The molecule has 0 N–H and O–H groups in total. The number of nitrogens with zero attached hydrogens (tertiary/aromatic N) is 1. The number of carbonyl (C=O) groups is 1. The third kappa shape index (κ3) is 3.31. The van der Waals surface area contributed by atoms with Gasteiger partial charge >= 0.3 is 0 Å². The molecule has 0 aliphatic heterocycles. The molecule has 98 valence electrons. The number of benzene rings is 1. The molecular formula is C14H17BrFNO. The Kier molecular flexibility index (Phi) is 4.38. The summed E-state index contributed by atoms with van der Waals surface area (Å²) < 4.78 is 12.9. The fourth-order valence-electron chi connectivity index (χ4n) is 2.16. The van der Waals surface area contributed by atoms with Crippen molar-refractivity contribution in [2.24, 2.45) is 5.92 Å². The molecule has 1 saturated carbocycles. The van der Waals surface area contributed by atoms with Crippen LogP contribution in [-0.2, 0) is 11.3 Å². The molecule has 0 aromatic heterocycles. The SMILES string of the molecule is C[C@H](C1CC1)N(Cc1ccc(F)cc1)C(=O)CBr. The molecule has 1 atom stereocenters. The Morgan fingerprint density at radius 2 is 2.06 bits per heavy atom. The predicted molar refractivity (Wildman–Crippen MR) is 72.9 cm³/mol. The first-order valence-corrected chi connectivity index (χ1v) is 7.34. The van der Waals surface area contributed by atoms with E-state index in [-0.39, 0.29) is 17.8 Å². The quantitative estimate of drug-likeness (QED) is 0.763. The number of carbonyl (C=O) groups excluding carboxylic acids is 1. The van der Waals surface area contributed by atoms with Crippen molar-refractivity contribution in [3.8, 4) is 0 Å². The topological polar surface area (TPSA) is 20.3 Å². The molecule has 4 heteroatoms. The van der Waals surface area contributed by atoms with Crippen molar-refractivity contribution < 1.29 is 9.18 Å². The van der Waals surface area contributed by atoms with Gasteiger partial charge < -0.3 is 4.90 Å². The van der Waals surface area contributed by atoms with Gasteiger partial charge in [-0.05, 0) is 43.4 Å². The van der Waals surface area contributed by atoms with Crippen LogP contribution in [0.25, 0.3) is 0 Å². The number of amides is 1. The Morgan fingerprint density at radius 3 is 2.56 bits per heavy atom. The van der Waals surface area contributed by atoms with E-state index in [9.17, 15) is 9.18 Å². The van der Waals surface area contributed by atoms with Crippen molar-refractivity contribution in [2.45, 2.75) is 32.4 Å². The van der Waals surface area contributed by atoms with Crippen molar-refractivity contribution in [1.82, 2.24) is 4.90 Å². The lowest BCUT2D eigenvalue weighted by Crippen LogP contribution is -2.40. The van der Waals surface area contributed by atoms with Crippen molar-refractivity contribution in [3.63, 3.8) is 0 Å². The molecule has 2 rings (SSSR count). The van der Waals surface area contributed by atoms with Gasteiger partial charge in [-0.25, -0.2) is 4.39 Å². The van der Waals surface area contributed by atoms with Crippen LogP contribution in [0.15, 0.2) is 24.3 Å². The summed E-state index contributed by atoms with van der Waals surface area (Å²) in [5, 5.41) is 0.339. The smallest absolute Gasteiger partial charge is 0.233 e. The third-order valence-corrected chi connectivity index (χ3v) is 3.98.